The smallest absolute Gasteiger partial charge is 0.204 e. The van der Waals surface area contributed by atoms with Crippen LogP contribution >= 0.6 is 0 Å². The summed E-state index contributed by atoms with van der Waals surface area (Å²) in [5, 5.41) is 14.7. The van der Waals surface area contributed by atoms with Crippen LogP contribution in [0.5, 0.6) is 0 Å². The molecular formula is C9H13N3O4. The molecule has 0 amide bonds. The fourth-order valence-corrected chi connectivity index (χ4v) is 1.21. The van der Waals surface area contributed by atoms with Gasteiger partial charge >= 0.3 is 0 Å². The minimum absolute atomic E-state index is 0.608. The highest BCUT2D eigenvalue weighted by Gasteiger charge is 2.24. The molecule has 4 N–H and O–H groups in total. The Morgan fingerprint density at radius 3 is 2.50 bits per heavy atom. The van der Waals surface area contributed by atoms with Crippen LogP contribution in [0, 0.1) is 12.2 Å². The first-order chi connectivity index (χ1) is 7.83. The van der Waals surface area contributed by atoms with Gasteiger partial charge in [0.15, 0.2) is 0 Å². The van der Waals surface area contributed by atoms with Gasteiger partial charge in [0, 0.05) is 18.8 Å². The fourth-order valence-electron chi connectivity index (χ4n) is 1.21. The summed E-state index contributed by atoms with van der Waals surface area (Å²) in [5.41, 5.74) is 6.65. The van der Waals surface area contributed by atoms with Crippen LogP contribution in [0.2, 0.25) is 0 Å². The third-order valence-electron chi connectivity index (χ3n) is 2.03. The highest BCUT2D eigenvalue weighted by Crippen LogP contribution is 2.35. The van der Waals surface area contributed by atoms with E-state index in [1.807, 2.05) is 12.5 Å². The number of rotatable bonds is 2. The standard InChI is InChI=1S/C7H11N3.C2H2O4/c8-3-7-4-9-5-10(7)6-1-2-6;3-5-1-2-6-4/h4-6H,1-3,8H2;3-4H. The van der Waals surface area contributed by atoms with Gasteiger partial charge in [0.25, 0.3) is 0 Å². The van der Waals surface area contributed by atoms with Crippen molar-refractivity contribution in [3.05, 3.63) is 18.2 Å². The van der Waals surface area contributed by atoms with Gasteiger partial charge < -0.3 is 10.3 Å². The van der Waals surface area contributed by atoms with Crippen molar-refractivity contribution in [2.24, 2.45) is 5.73 Å². The molecule has 1 aliphatic carbocycles. The number of hydrogen-bond acceptors (Lipinski definition) is 6. The van der Waals surface area contributed by atoms with Crippen molar-refractivity contribution in [1.29, 1.82) is 0 Å². The van der Waals surface area contributed by atoms with E-state index in [0.29, 0.717) is 12.6 Å². The predicted octanol–water partition coefficient (Wildman–Crippen LogP) is 0.561. The predicted molar refractivity (Wildman–Crippen MR) is 53.6 cm³/mol. The minimum atomic E-state index is 0.608. The number of aromatic nitrogens is 2. The second-order valence-electron chi connectivity index (χ2n) is 3.11. The molecule has 16 heavy (non-hydrogen) atoms. The molecule has 1 aromatic rings. The lowest BCUT2D eigenvalue weighted by atomic mass is 10.4. The highest BCUT2D eigenvalue weighted by atomic mass is 17.1. The van der Waals surface area contributed by atoms with Crippen LogP contribution < -0.4 is 5.73 Å². The van der Waals surface area contributed by atoms with Crippen molar-refractivity contribution < 1.29 is 20.3 Å². The summed E-state index contributed by atoms with van der Waals surface area (Å²) >= 11 is 0. The molecule has 0 aromatic carbocycles. The van der Waals surface area contributed by atoms with E-state index in [1.165, 1.54) is 25.1 Å². The fraction of sp³-hybridized carbons (Fsp3) is 0.444. The molecule has 7 nitrogen and oxygen atoms in total. The SMILES string of the molecule is NCc1cncn1C1CC1.OOC#COO. The van der Waals surface area contributed by atoms with Gasteiger partial charge in [0.05, 0.1) is 12.0 Å². The second kappa shape index (κ2) is 6.68. The average Bonchev–Trinajstić information content (AvgIpc) is 3.05. The molecule has 88 valence electrons. The van der Waals surface area contributed by atoms with Crippen LogP contribution in [0.3, 0.4) is 0 Å². The number of nitrogens with zero attached hydrogens (tertiary/aromatic N) is 2. The van der Waals surface area contributed by atoms with Gasteiger partial charge in [-0.15, -0.1) is 0 Å². The largest absolute Gasteiger partial charge is 0.330 e. The van der Waals surface area contributed by atoms with Gasteiger partial charge in [-0.3, -0.25) is 9.78 Å². The Bertz CT molecular complexity index is 356. The van der Waals surface area contributed by atoms with Crippen molar-refractivity contribution in [2.75, 3.05) is 0 Å². The van der Waals surface area contributed by atoms with Crippen molar-refractivity contribution >= 4 is 0 Å². The molecular weight excluding hydrogens is 214 g/mol. The molecule has 1 aliphatic rings. The molecule has 0 radical (unpaired) electrons. The first-order valence-electron chi connectivity index (χ1n) is 4.65. The molecule has 7 heteroatoms. The molecule has 0 atom stereocenters. The summed E-state index contributed by atoms with van der Waals surface area (Å²) in [5.74, 6) is 0. The Morgan fingerprint density at radius 1 is 1.44 bits per heavy atom. The minimum Gasteiger partial charge on any atom is -0.330 e. The Hall–Kier alpha value is -1.75. The monoisotopic (exact) mass is 227 g/mol. The molecule has 1 aromatic heterocycles. The summed E-state index contributed by atoms with van der Waals surface area (Å²) in [6, 6.07) is 0.709. The van der Waals surface area contributed by atoms with Crippen LogP contribution in [-0.4, -0.2) is 20.1 Å². The lowest BCUT2D eigenvalue weighted by Gasteiger charge is -2.01. The van der Waals surface area contributed by atoms with Crippen LogP contribution in [-0.2, 0) is 16.3 Å². The van der Waals surface area contributed by atoms with Crippen molar-refractivity contribution in [3.8, 4) is 12.2 Å². The van der Waals surface area contributed by atoms with E-state index in [4.69, 9.17) is 16.2 Å². The van der Waals surface area contributed by atoms with Crippen LogP contribution in [0.25, 0.3) is 0 Å². The van der Waals surface area contributed by atoms with E-state index in [1.54, 1.807) is 0 Å². The summed E-state index contributed by atoms with van der Waals surface area (Å²) in [4.78, 5) is 10.3. The lowest BCUT2D eigenvalue weighted by Crippen LogP contribution is -2.04. The molecule has 0 saturated heterocycles. The Labute approximate surface area is 92.3 Å². The Morgan fingerprint density at radius 2 is 2.06 bits per heavy atom. The van der Waals surface area contributed by atoms with Crippen LogP contribution in [0.1, 0.15) is 24.6 Å². The Balaban J connectivity index is 0.000000187. The molecule has 1 fully saturated rings. The molecule has 2 rings (SSSR count). The summed E-state index contributed by atoms with van der Waals surface area (Å²) in [7, 11) is 0. The first kappa shape index (κ1) is 12.3. The normalized spacial score (nSPS) is 12.9. The summed E-state index contributed by atoms with van der Waals surface area (Å²) < 4.78 is 2.18. The number of nitrogens with two attached hydrogens (primary N) is 1. The molecule has 1 saturated carbocycles. The van der Waals surface area contributed by atoms with Gasteiger partial charge in [0.1, 0.15) is 0 Å². The van der Waals surface area contributed by atoms with E-state index >= 15 is 0 Å². The van der Waals surface area contributed by atoms with E-state index in [9.17, 15) is 0 Å². The highest BCUT2D eigenvalue weighted by molar-refractivity contribution is 5.02. The third-order valence-corrected chi connectivity index (χ3v) is 2.03. The zero-order valence-corrected chi connectivity index (χ0v) is 8.54. The van der Waals surface area contributed by atoms with Crippen molar-refractivity contribution in [3.63, 3.8) is 0 Å². The van der Waals surface area contributed by atoms with Crippen molar-refractivity contribution in [2.45, 2.75) is 25.4 Å². The number of hydrogen-bond donors (Lipinski definition) is 3. The first-order valence-corrected chi connectivity index (χ1v) is 4.65. The van der Waals surface area contributed by atoms with Crippen molar-refractivity contribution in [1.82, 2.24) is 9.55 Å². The quantitative estimate of drug-likeness (QED) is 0.387. The van der Waals surface area contributed by atoms with Gasteiger partial charge in [-0.2, -0.15) is 10.5 Å². The van der Waals surface area contributed by atoms with Crippen LogP contribution in [0.4, 0.5) is 0 Å². The summed E-state index contributed by atoms with van der Waals surface area (Å²) in [6.07, 6.45) is 9.37. The molecule has 0 bridgehead atoms. The zero-order valence-electron chi connectivity index (χ0n) is 8.54. The average molecular weight is 227 g/mol. The zero-order chi connectivity index (χ0) is 11.8. The van der Waals surface area contributed by atoms with E-state index in [2.05, 4.69) is 19.3 Å². The maximum absolute atomic E-state index is 7.33. The molecule has 0 aliphatic heterocycles. The van der Waals surface area contributed by atoms with E-state index in [-0.39, 0.29) is 0 Å². The number of imidazole rings is 1. The molecule has 0 spiro atoms. The van der Waals surface area contributed by atoms with Crippen LogP contribution in [0.15, 0.2) is 12.5 Å². The van der Waals surface area contributed by atoms with Gasteiger partial charge in [-0.25, -0.2) is 4.98 Å². The van der Waals surface area contributed by atoms with Gasteiger partial charge in [-0.1, -0.05) is 0 Å². The topological polar surface area (TPSA) is 103 Å². The Kier molecular flexibility index (Phi) is 5.15. The maximum atomic E-state index is 7.33. The molecule has 0 unspecified atom stereocenters. The maximum Gasteiger partial charge on any atom is 0.204 e. The van der Waals surface area contributed by atoms with Gasteiger partial charge in [-0.05, 0) is 12.8 Å². The van der Waals surface area contributed by atoms with Gasteiger partial charge in [0.2, 0.25) is 12.2 Å². The lowest BCUT2D eigenvalue weighted by molar-refractivity contribution is -0.188. The van der Waals surface area contributed by atoms with E-state index in [0.717, 1.165) is 5.69 Å². The van der Waals surface area contributed by atoms with E-state index < -0.39 is 0 Å². The molecule has 1 heterocycles. The second-order valence-corrected chi connectivity index (χ2v) is 3.11. The third kappa shape index (κ3) is 3.78. The summed E-state index contributed by atoms with van der Waals surface area (Å²) in [6.45, 7) is 0.608.